The molecule has 2 fully saturated rings. The Labute approximate surface area is 136 Å². The Bertz CT molecular complexity index is 264. The molecule has 1 atom stereocenters. The number of hydrogen-bond donors (Lipinski definition) is 0. The minimum absolute atomic E-state index is 0. The second-order valence-electron chi connectivity index (χ2n) is 5.17. The van der Waals surface area contributed by atoms with Crippen molar-refractivity contribution in [2.75, 3.05) is 0 Å². The van der Waals surface area contributed by atoms with E-state index in [1.807, 2.05) is 0 Å². The van der Waals surface area contributed by atoms with Crippen molar-refractivity contribution in [3.05, 3.63) is 50.8 Å². The van der Waals surface area contributed by atoms with E-state index in [4.69, 9.17) is 5.73 Å². The van der Waals surface area contributed by atoms with Gasteiger partial charge in [0.25, 0.3) is 0 Å². The van der Waals surface area contributed by atoms with Gasteiger partial charge in [-0.3, -0.25) is 0 Å². The van der Waals surface area contributed by atoms with E-state index in [9.17, 15) is 0 Å². The normalized spacial score (nSPS) is 24.5. The third-order valence-electron chi connectivity index (χ3n) is 3.83. The molecule has 0 aromatic heterocycles. The molecule has 0 saturated heterocycles. The maximum atomic E-state index is 7.27. The van der Waals surface area contributed by atoms with Gasteiger partial charge in [0, 0.05) is 0 Å². The fraction of sp³-hybridized carbons (Fsp3) is 0.588. The van der Waals surface area contributed by atoms with Crippen LogP contribution in [0.4, 0.5) is 0 Å². The number of nitrogens with one attached hydrogen (secondary N) is 1. The first-order valence-electron chi connectivity index (χ1n) is 6.74. The number of rotatable bonds is 0. The van der Waals surface area contributed by atoms with E-state index in [-0.39, 0.29) is 42.6 Å². The molecule has 0 aromatic carbocycles. The van der Waals surface area contributed by atoms with E-state index in [2.05, 4.69) is 24.6 Å². The average molecular weight is 295 g/mol. The molecular formula is C17H29NTi. The van der Waals surface area contributed by atoms with Crippen molar-refractivity contribution in [1.82, 2.24) is 0 Å². The molecule has 0 bridgehead atoms. The summed E-state index contributed by atoms with van der Waals surface area (Å²) >= 11 is 0. The average Bonchev–Trinajstić information content (AvgIpc) is 2.79. The van der Waals surface area contributed by atoms with E-state index in [0.29, 0.717) is 0 Å². The summed E-state index contributed by atoms with van der Waals surface area (Å²) in [6.45, 7) is 0. The van der Waals surface area contributed by atoms with Gasteiger partial charge in [0.1, 0.15) is 0 Å². The van der Waals surface area contributed by atoms with Crippen molar-refractivity contribution in [3.8, 4) is 0 Å². The van der Waals surface area contributed by atoms with Crippen LogP contribution in [0.2, 0.25) is 0 Å². The third kappa shape index (κ3) is 7.49. The minimum Gasteiger partial charge on any atom is -0.675 e. The van der Waals surface area contributed by atoms with Gasteiger partial charge in [-0.25, -0.2) is 0 Å². The van der Waals surface area contributed by atoms with Crippen molar-refractivity contribution in [2.45, 2.75) is 57.4 Å². The van der Waals surface area contributed by atoms with Crippen LogP contribution in [-0.4, -0.2) is 6.04 Å². The molecule has 1 N–H and O–H groups in total. The predicted molar refractivity (Wildman–Crippen MR) is 82.9 cm³/mol. The van der Waals surface area contributed by atoms with Crippen LogP contribution in [0.25, 0.3) is 5.73 Å². The van der Waals surface area contributed by atoms with Crippen molar-refractivity contribution in [1.29, 1.82) is 0 Å². The SMILES string of the molecule is C1=CCC2C[CH-]CC2=C1.[CH3-].[CH3-].[NH-]C1CCCCC1.[Ti+4]. The topological polar surface area (TPSA) is 23.8 Å². The Balaban J connectivity index is 0. The molecular weight excluding hydrogens is 266 g/mol. The van der Waals surface area contributed by atoms with Crippen molar-refractivity contribution < 1.29 is 21.7 Å². The maximum absolute atomic E-state index is 7.27. The van der Waals surface area contributed by atoms with Crippen LogP contribution in [0.15, 0.2) is 23.8 Å². The fourth-order valence-electron chi connectivity index (χ4n) is 2.76. The van der Waals surface area contributed by atoms with E-state index in [1.165, 1.54) is 38.5 Å². The first kappa shape index (κ1) is 21.5. The molecule has 0 aliphatic heterocycles. The van der Waals surface area contributed by atoms with Crippen LogP contribution in [0.3, 0.4) is 0 Å². The van der Waals surface area contributed by atoms with Crippen molar-refractivity contribution in [2.24, 2.45) is 5.92 Å². The molecule has 3 rings (SSSR count). The molecule has 0 spiro atoms. The Morgan fingerprint density at radius 2 is 1.79 bits per heavy atom. The predicted octanol–water partition coefficient (Wildman–Crippen LogP) is 5.76. The quantitative estimate of drug-likeness (QED) is 0.401. The van der Waals surface area contributed by atoms with Gasteiger partial charge in [0.15, 0.2) is 0 Å². The molecule has 106 valence electrons. The summed E-state index contributed by atoms with van der Waals surface area (Å²) in [6.07, 6.45) is 19.2. The summed E-state index contributed by atoms with van der Waals surface area (Å²) in [5.41, 5.74) is 8.92. The zero-order chi connectivity index (χ0) is 11.2. The summed E-state index contributed by atoms with van der Waals surface area (Å²) in [4.78, 5) is 0. The first-order valence-corrected chi connectivity index (χ1v) is 6.74. The number of allylic oxidation sites excluding steroid dienone is 4. The van der Waals surface area contributed by atoms with Crippen LogP contribution >= 0.6 is 0 Å². The maximum Gasteiger partial charge on any atom is 4.00 e. The van der Waals surface area contributed by atoms with Gasteiger partial charge < -0.3 is 27.0 Å². The summed E-state index contributed by atoms with van der Waals surface area (Å²) in [5, 5.41) is 0. The summed E-state index contributed by atoms with van der Waals surface area (Å²) in [6, 6.07) is 0.286. The molecule has 19 heavy (non-hydrogen) atoms. The molecule has 1 nitrogen and oxygen atoms in total. The van der Waals surface area contributed by atoms with E-state index in [0.717, 1.165) is 18.8 Å². The van der Waals surface area contributed by atoms with Crippen molar-refractivity contribution in [3.63, 3.8) is 0 Å². The first-order chi connectivity index (χ1) is 7.86. The standard InChI is InChI=1S/C9H11.C6H12N.2CH3.Ti/c1-2-5-9-7-3-6-8(9)4-1;7-6-4-2-1-3-5-6;;;/h1-4,9H,5-7H2;6-7H,1-5H2;2*1H3;/q4*-1;+4. The van der Waals surface area contributed by atoms with E-state index >= 15 is 0 Å². The molecule has 1 unspecified atom stereocenters. The van der Waals surface area contributed by atoms with Gasteiger partial charge in [-0.2, -0.15) is 12.8 Å². The van der Waals surface area contributed by atoms with Gasteiger partial charge in [-0.1, -0.05) is 55.9 Å². The summed E-state index contributed by atoms with van der Waals surface area (Å²) in [7, 11) is 0. The van der Waals surface area contributed by atoms with Crippen LogP contribution < -0.4 is 0 Å². The Morgan fingerprint density at radius 1 is 1.11 bits per heavy atom. The van der Waals surface area contributed by atoms with Crippen LogP contribution in [-0.2, 0) is 21.7 Å². The van der Waals surface area contributed by atoms with Gasteiger partial charge in [-0.05, 0) is 12.3 Å². The second kappa shape index (κ2) is 11.9. The minimum atomic E-state index is 0. The largest absolute Gasteiger partial charge is 4.00 e. The zero-order valence-corrected chi connectivity index (χ0v) is 14.2. The monoisotopic (exact) mass is 295 g/mol. The summed E-state index contributed by atoms with van der Waals surface area (Å²) < 4.78 is 0. The molecule has 0 aromatic rings. The molecule has 2 saturated carbocycles. The Morgan fingerprint density at radius 3 is 2.32 bits per heavy atom. The Kier molecular flexibility index (Phi) is 13.5. The van der Waals surface area contributed by atoms with Crippen molar-refractivity contribution >= 4 is 0 Å². The third-order valence-corrected chi connectivity index (χ3v) is 3.83. The van der Waals surface area contributed by atoms with Crippen LogP contribution in [0.5, 0.6) is 0 Å². The van der Waals surface area contributed by atoms with E-state index < -0.39 is 0 Å². The number of hydrogen-bond acceptors (Lipinski definition) is 0. The van der Waals surface area contributed by atoms with Crippen LogP contribution in [0, 0.1) is 27.2 Å². The second-order valence-corrected chi connectivity index (χ2v) is 5.17. The molecule has 3 aliphatic carbocycles. The van der Waals surface area contributed by atoms with Gasteiger partial charge >= 0.3 is 21.7 Å². The molecule has 0 radical (unpaired) electrons. The smallest absolute Gasteiger partial charge is 0.675 e. The fourth-order valence-corrected chi connectivity index (χ4v) is 2.76. The molecule has 0 amide bonds. The van der Waals surface area contributed by atoms with E-state index in [1.54, 1.807) is 5.57 Å². The number of fused-ring (bicyclic) bond motifs is 1. The Hall–Kier alpha value is 0.154. The summed E-state index contributed by atoms with van der Waals surface area (Å²) in [5.74, 6) is 0.884. The van der Waals surface area contributed by atoms with Gasteiger partial charge in [-0.15, -0.1) is 6.04 Å². The molecule has 3 aliphatic rings. The molecule has 0 heterocycles. The zero-order valence-electron chi connectivity index (χ0n) is 12.6. The van der Waals surface area contributed by atoms with Gasteiger partial charge in [0.2, 0.25) is 0 Å². The molecule has 2 heteroatoms. The van der Waals surface area contributed by atoms with Crippen LogP contribution in [0.1, 0.15) is 51.4 Å². The van der Waals surface area contributed by atoms with Gasteiger partial charge in [0.05, 0.1) is 0 Å².